The first kappa shape index (κ1) is 30.0. The van der Waals surface area contributed by atoms with Crippen molar-refractivity contribution in [1.82, 2.24) is 24.3 Å². The molecule has 2 fully saturated rings. The number of hydrogen-bond donors (Lipinski definition) is 1. The molecule has 3 aliphatic rings. The van der Waals surface area contributed by atoms with Gasteiger partial charge in [0.15, 0.2) is 5.83 Å². The molecule has 0 aliphatic carbocycles. The topological polar surface area (TPSA) is 73.9 Å². The maximum absolute atomic E-state index is 15.1. The van der Waals surface area contributed by atoms with Crippen LogP contribution < -0.4 is 16.0 Å². The minimum Gasteiger partial charge on any atom is -0.351 e. The van der Waals surface area contributed by atoms with E-state index in [9.17, 15) is 4.39 Å². The van der Waals surface area contributed by atoms with E-state index in [1.165, 1.54) is 44.3 Å². The number of allylic oxidation sites excluding steroid dienone is 3. The fourth-order valence-corrected chi connectivity index (χ4v) is 6.34. The van der Waals surface area contributed by atoms with Crippen molar-refractivity contribution in [1.29, 1.82) is 0 Å². The number of aromatic nitrogens is 3. The second-order valence-corrected chi connectivity index (χ2v) is 11.7. The summed E-state index contributed by atoms with van der Waals surface area (Å²) in [7, 11) is 2.23. The number of piperidine rings is 2. The van der Waals surface area contributed by atoms with Crippen LogP contribution in [0.25, 0.3) is 12.4 Å². The van der Waals surface area contributed by atoms with Gasteiger partial charge >= 0.3 is 0 Å². The van der Waals surface area contributed by atoms with Gasteiger partial charge in [-0.1, -0.05) is 12.1 Å². The zero-order valence-electron chi connectivity index (χ0n) is 24.8. The number of nitrogens with one attached hydrogen (secondary N) is 1. The molecule has 0 unspecified atom stereocenters. The van der Waals surface area contributed by atoms with Crippen molar-refractivity contribution in [2.24, 2.45) is 15.4 Å². The molecule has 42 heavy (non-hydrogen) atoms. The molecule has 3 aliphatic heterocycles. The van der Waals surface area contributed by atoms with E-state index in [1.807, 2.05) is 16.8 Å². The predicted molar refractivity (Wildman–Crippen MR) is 166 cm³/mol. The van der Waals surface area contributed by atoms with Gasteiger partial charge < -0.3 is 14.8 Å². The number of imidazole rings is 1. The summed E-state index contributed by atoms with van der Waals surface area (Å²) in [6.45, 7) is 11.6. The first-order valence-corrected chi connectivity index (χ1v) is 14.9. The zero-order chi connectivity index (χ0) is 29.5. The minimum absolute atomic E-state index is 0.0971. The van der Waals surface area contributed by atoms with Crippen LogP contribution in [0.5, 0.6) is 0 Å². The number of pyridine rings is 1. The van der Waals surface area contributed by atoms with E-state index < -0.39 is 5.83 Å². The third-order valence-electron chi connectivity index (χ3n) is 9.00. The van der Waals surface area contributed by atoms with E-state index in [0.717, 1.165) is 51.0 Å². The summed E-state index contributed by atoms with van der Waals surface area (Å²) in [5, 5.41) is 4.01. The Kier molecular flexibility index (Phi) is 9.74. The number of nitrogens with zero attached hydrogens (tertiary/aromatic N) is 7. The molecule has 10 heteroatoms. The van der Waals surface area contributed by atoms with Gasteiger partial charge in [0.05, 0.1) is 11.5 Å². The lowest BCUT2D eigenvalue weighted by Gasteiger charge is -2.46. The van der Waals surface area contributed by atoms with Gasteiger partial charge in [-0.2, -0.15) is 0 Å². The molecule has 224 valence electrons. The molecule has 0 atom stereocenters. The van der Waals surface area contributed by atoms with Crippen LogP contribution in [0.15, 0.2) is 52.0 Å². The van der Waals surface area contributed by atoms with Gasteiger partial charge in [0.25, 0.3) is 0 Å². The number of anilines is 1. The Balaban J connectivity index is 1.22. The quantitative estimate of drug-likeness (QED) is 0.457. The summed E-state index contributed by atoms with van der Waals surface area (Å²) in [4.78, 5) is 22.0. The second-order valence-electron chi connectivity index (χ2n) is 11.7. The van der Waals surface area contributed by atoms with E-state index in [4.69, 9.17) is 0 Å². The first-order valence-electron chi connectivity index (χ1n) is 14.9. The van der Waals surface area contributed by atoms with E-state index in [-0.39, 0.29) is 17.7 Å². The molecule has 1 N–H and O–H groups in total. The number of aliphatic imine (C=N–C) groups is 2. The van der Waals surface area contributed by atoms with Gasteiger partial charge in [-0.3, -0.25) is 14.9 Å². The number of hydrogen-bond acceptors (Lipinski definition) is 7. The fourth-order valence-electron chi connectivity index (χ4n) is 6.34. The van der Waals surface area contributed by atoms with Crippen LogP contribution in [0.1, 0.15) is 50.4 Å². The number of aryl methyl sites for hydroxylation is 1. The van der Waals surface area contributed by atoms with Crippen LogP contribution >= 0.6 is 0 Å². The minimum atomic E-state index is -0.630. The van der Waals surface area contributed by atoms with Crippen LogP contribution in [0.3, 0.4) is 0 Å². The number of rotatable bonds is 9. The van der Waals surface area contributed by atoms with Crippen molar-refractivity contribution in [2.45, 2.75) is 58.5 Å². The fraction of sp³-hybridized carbons (Fsp3) is 0.500. The highest BCUT2D eigenvalue weighted by Gasteiger charge is 2.36. The largest absolute Gasteiger partial charge is 0.351 e. The van der Waals surface area contributed by atoms with Crippen LogP contribution in [0.2, 0.25) is 0 Å². The van der Waals surface area contributed by atoms with Crippen LogP contribution in [0.4, 0.5) is 14.6 Å². The molecule has 5 heterocycles. The zero-order valence-corrected chi connectivity index (χ0v) is 24.8. The monoisotopic (exact) mass is 576 g/mol. The SMILES string of the molecule is C=N\C=C(F)/C(=N\CNc1ccc(CN2CCC3(CCN(C)CC3)CC2)cn1)C(=C/C)/C=c1\c(=C\F)nc2n1CCC2. The Labute approximate surface area is 247 Å². The van der Waals surface area contributed by atoms with Gasteiger partial charge in [-0.05, 0) is 102 Å². The molecule has 8 nitrogen and oxygen atoms in total. The average Bonchev–Trinajstić information content (AvgIpc) is 3.60. The summed E-state index contributed by atoms with van der Waals surface area (Å²) in [6, 6.07) is 4.02. The molecule has 2 saturated heterocycles. The molecule has 5 rings (SSSR count). The number of fused-ring (bicyclic) bond motifs is 1. The van der Waals surface area contributed by atoms with Gasteiger partial charge in [0.1, 0.15) is 35.7 Å². The van der Waals surface area contributed by atoms with Crippen LogP contribution in [-0.2, 0) is 19.5 Å². The predicted octanol–water partition coefficient (Wildman–Crippen LogP) is 3.99. The first-order chi connectivity index (χ1) is 20.4. The van der Waals surface area contributed by atoms with Crippen molar-refractivity contribution < 1.29 is 8.78 Å². The third-order valence-corrected chi connectivity index (χ3v) is 9.00. The summed E-state index contributed by atoms with van der Waals surface area (Å²) in [6.07, 6.45) is 13.8. The van der Waals surface area contributed by atoms with E-state index in [2.05, 4.69) is 54.9 Å². The van der Waals surface area contributed by atoms with Crippen molar-refractivity contribution in [3.63, 3.8) is 0 Å². The molecule has 0 radical (unpaired) electrons. The van der Waals surface area contributed by atoms with Crippen molar-refractivity contribution >= 4 is 30.7 Å². The Morgan fingerprint density at radius 1 is 1.14 bits per heavy atom. The van der Waals surface area contributed by atoms with Gasteiger partial charge in [0, 0.05) is 31.3 Å². The lowest BCUT2D eigenvalue weighted by molar-refractivity contribution is 0.0400. The number of likely N-dealkylation sites (tertiary alicyclic amines) is 2. The highest BCUT2D eigenvalue weighted by atomic mass is 19.1. The van der Waals surface area contributed by atoms with Crippen molar-refractivity contribution in [3.05, 3.63) is 64.1 Å². The Hall–Kier alpha value is -3.50. The van der Waals surface area contributed by atoms with Crippen molar-refractivity contribution in [3.8, 4) is 0 Å². The normalized spacial score (nSPS) is 21.3. The smallest absolute Gasteiger partial charge is 0.167 e. The Bertz CT molecular complexity index is 1450. The summed E-state index contributed by atoms with van der Waals surface area (Å²) in [5.41, 5.74) is 2.32. The third kappa shape index (κ3) is 6.93. The lowest BCUT2D eigenvalue weighted by Crippen LogP contribution is -2.45. The molecule has 1 spiro atoms. The molecular weight excluding hydrogens is 534 g/mol. The Morgan fingerprint density at radius 2 is 1.90 bits per heavy atom. The standard InChI is InChI=1S/C32H42F2N8/c1-4-25(18-28-27(19-33)39-30-6-5-13-42(28)30)31(26(34)21-35-2)38-23-37-29-8-7-24(20-36-29)22-41-16-11-32(12-17-41)9-14-40(3)15-10-32/h4,7-8,18-21H,2,5-6,9-17,22-23H2,1,3H3,(H,36,37)/b25-4+,26-21+,27-19-,28-18+,38-31-. The van der Waals surface area contributed by atoms with E-state index in [0.29, 0.717) is 28.5 Å². The van der Waals surface area contributed by atoms with Gasteiger partial charge in [-0.25, -0.2) is 18.7 Å². The highest BCUT2D eigenvalue weighted by Crippen LogP contribution is 2.41. The van der Waals surface area contributed by atoms with Gasteiger partial charge in [0.2, 0.25) is 0 Å². The second kappa shape index (κ2) is 13.6. The van der Waals surface area contributed by atoms with E-state index >= 15 is 4.39 Å². The molecule has 2 aromatic rings. The molecule has 0 aromatic carbocycles. The lowest BCUT2D eigenvalue weighted by atomic mass is 9.71. The molecule has 2 aromatic heterocycles. The molecule has 0 amide bonds. The van der Waals surface area contributed by atoms with Crippen LogP contribution in [0, 0.1) is 5.41 Å². The maximum atomic E-state index is 15.1. The van der Waals surface area contributed by atoms with Crippen LogP contribution in [-0.4, -0.2) is 76.7 Å². The van der Waals surface area contributed by atoms with Crippen molar-refractivity contribution in [2.75, 3.05) is 45.2 Å². The average molecular weight is 577 g/mol. The molecule has 0 saturated carbocycles. The summed E-state index contributed by atoms with van der Waals surface area (Å²) in [5.74, 6) is 0.862. The molecule has 0 bridgehead atoms. The van der Waals surface area contributed by atoms with Gasteiger partial charge in [-0.15, -0.1) is 0 Å². The Morgan fingerprint density at radius 3 is 2.57 bits per heavy atom. The molecular formula is C32H42F2N8. The maximum Gasteiger partial charge on any atom is 0.167 e. The summed E-state index contributed by atoms with van der Waals surface area (Å²) < 4.78 is 30.7. The van der Waals surface area contributed by atoms with E-state index in [1.54, 1.807) is 19.1 Å². The highest BCUT2D eigenvalue weighted by molar-refractivity contribution is 6.16. The summed E-state index contributed by atoms with van der Waals surface area (Å²) >= 11 is 0. The number of halogens is 2.